The van der Waals surface area contributed by atoms with Gasteiger partial charge in [0.2, 0.25) is 0 Å². The number of hydrogen-bond acceptors (Lipinski definition) is 5. The highest BCUT2D eigenvalue weighted by molar-refractivity contribution is 9.10. The number of pyridine rings is 1. The average molecular weight is 384 g/mol. The molecule has 0 spiro atoms. The fourth-order valence-corrected chi connectivity index (χ4v) is 2.80. The SMILES string of the molecule is Cc1nc(NCc2cccnc2)cc(Nc2ccc(Br)cc2C)n1. The van der Waals surface area contributed by atoms with Crippen LogP contribution in [-0.4, -0.2) is 15.0 Å². The van der Waals surface area contributed by atoms with Crippen molar-refractivity contribution < 1.29 is 0 Å². The van der Waals surface area contributed by atoms with Gasteiger partial charge in [-0.15, -0.1) is 0 Å². The molecule has 0 radical (unpaired) electrons. The van der Waals surface area contributed by atoms with Crippen LogP contribution in [0.25, 0.3) is 0 Å². The number of benzene rings is 1. The zero-order valence-electron chi connectivity index (χ0n) is 13.5. The minimum absolute atomic E-state index is 0.668. The van der Waals surface area contributed by atoms with E-state index in [-0.39, 0.29) is 0 Å². The van der Waals surface area contributed by atoms with E-state index in [1.54, 1.807) is 6.20 Å². The van der Waals surface area contributed by atoms with Gasteiger partial charge in [0.15, 0.2) is 0 Å². The van der Waals surface area contributed by atoms with Crippen molar-refractivity contribution >= 4 is 33.3 Å². The van der Waals surface area contributed by atoms with Crippen molar-refractivity contribution in [1.82, 2.24) is 15.0 Å². The second-order valence-electron chi connectivity index (χ2n) is 5.48. The number of hydrogen-bond donors (Lipinski definition) is 2. The largest absolute Gasteiger partial charge is 0.366 e. The molecule has 1 aromatic carbocycles. The zero-order chi connectivity index (χ0) is 16.9. The molecule has 0 atom stereocenters. The summed E-state index contributed by atoms with van der Waals surface area (Å²) in [4.78, 5) is 13.0. The maximum Gasteiger partial charge on any atom is 0.136 e. The first-order valence-corrected chi connectivity index (χ1v) is 8.41. The van der Waals surface area contributed by atoms with E-state index in [1.165, 1.54) is 0 Å². The monoisotopic (exact) mass is 383 g/mol. The molecule has 0 saturated carbocycles. The van der Waals surface area contributed by atoms with Crippen LogP contribution in [0.1, 0.15) is 17.0 Å². The molecule has 6 heteroatoms. The van der Waals surface area contributed by atoms with Gasteiger partial charge in [0.05, 0.1) is 0 Å². The van der Waals surface area contributed by atoms with Crippen molar-refractivity contribution in [3.63, 3.8) is 0 Å². The summed E-state index contributed by atoms with van der Waals surface area (Å²) in [7, 11) is 0. The Morgan fingerprint density at radius 3 is 2.62 bits per heavy atom. The molecule has 0 aliphatic rings. The molecule has 122 valence electrons. The van der Waals surface area contributed by atoms with E-state index in [4.69, 9.17) is 0 Å². The van der Waals surface area contributed by atoms with E-state index in [9.17, 15) is 0 Å². The predicted octanol–water partition coefficient (Wildman–Crippen LogP) is 4.61. The van der Waals surface area contributed by atoms with E-state index < -0.39 is 0 Å². The van der Waals surface area contributed by atoms with Gasteiger partial charge in [-0.3, -0.25) is 4.98 Å². The van der Waals surface area contributed by atoms with E-state index >= 15 is 0 Å². The summed E-state index contributed by atoms with van der Waals surface area (Å²) in [5.41, 5.74) is 3.27. The second-order valence-corrected chi connectivity index (χ2v) is 6.40. The average Bonchev–Trinajstić information content (AvgIpc) is 2.56. The van der Waals surface area contributed by atoms with Crippen LogP contribution < -0.4 is 10.6 Å². The third-order valence-electron chi connectivity index (χ3n) is 3.49. The molecule has 5 nitrogen and oxygen atoms in total. The maximum absolute atomic E-state index is 4.46. The fraction of sp³-hybridized carbons (Fsp3) is 0.167. The topological polar surface area (TPSA) is 62.7 Å². The van der Waals surface area contributed by atoms with E-state index in [2.05, 4.69) is 54.5 Å². The molecular weight excluding hydrogens is 366 g/mol. The van der Waals surface area contributed by atoms with E-state index in [0.29, 0.717) is 12.4 Å². The molecule has 3 rings (SSSR count). The van der Waals surface area contributed by atoms with Gasteiger partial charge in [-0.25, -0.2) is 9.97 Å². The number of rotatable bonds is 5. The van der Waals surface area contributed by atoms with Crippen molar-refractivity contribution in [3.8, 4) is 0 Å². The quantitative estimate of drug-likeness (QED) is 0.673. The van der Waals surface area contributed by atoms with Crippen LogP contribution in [0.3, 0.4) is 0 Å². The number of nitrogens with one attached hydrogen (secondary N) is 2. The maximum atomic E-state index is 4.46. The Balaban J connectivity index is 1.76. The summed E-state index contributed by atoms with van der Waals surface area (Å²) in [5, 5.41) is 6.67. The molecule has 0 fully saturated rings. The van der Waals surface area contributed by atoms with Crippen LogP contribution in [0.15, 0.2) is 53.3 Å². The summed E-state index contributed by atoms with van der Waals surface area (Å²) in [6.45, 7) is 4.61. The molecule has 0 amide bonds. The van der Waals surface area contributed by atoms with Gasteiger partial charge in [-0.05, 0) is 49.2 Å². The molecule has 0 unspecified atom stereocenters. The molecule has 2 N–H and O–H groups in total. The lowest BCUT2D eigenvalue weighted by Crippen LogP contribution is -2.05. The lowest BCUT2D eigenvalue weighted by Gasteiger charge is -2.12. The smallest absolute Gasteiger partial charge is 0.136 e. The lowest BCUT2D eigenvalue weighted by molar-refractivity contribution is 1.02. The molecule has 0 aliphatic heterocycles. The van der Waals surface area contributed by atoms with Crippen LogP contribution in [-0.2, 0) is 6.54 Å². The molecule has 0 bridgehead atoms. The van der Waals surface area contributed by atoms with Crippen LogP contribution in [0.4, 0.5) is 17.3 Å². The van der Waals surface area contributed by atoms with Gasteiger partial charge in [-0.2, -0.15) is 0 Å². The molecule has 3 aromatic rings. The van der Waals surface area contributed by atoms with Crippen LogP contribution in [0.2, 0.25) is 0 Å². The van der Waals surface area contributed by atoms with Crippen molar-refractivity contribution in [2.24, 2.45) is 0 Å². The molecule has 0 saturated heterocycles. The molecule has 2 aromatic heterocycles. The number of anilines is 3. The van der Waals surface area contributed by atoms with Crippen molar-refractivity contribution in [1.29, 1.82) is 0 Å². The van der Waals surface area contributed by atoms with Crippen LogP contribution in [0, 0.1) is 13.8 Å². The van der Waals surface area contributed by atoms with E-state index in [1.807, 2.05) is 43.5 Å². The highest BCUT2D eigenvalue weighted by Crippen LogP contribution is 2.24. The van der Waals surface area contributed by atoms with Crippen LogP contribution in [0.5, 0.6) is 0 Å². The van der Waals surface area contributed by atoms with Gasteiger partial charge in [-0.1, -0.05) is 22.0 Å². The van der Waals surface area contributed by atoms with Gasteiger partial charge < -0.3 is 10.6 Å². The van der Waals surface area contributed by atoms with E-state index in [0.717, 1.165) is 32.9 Å². The fourth-order valence-electron chi connectivity index (χ4n) is 2.32. The van der Waals surface area contributed by atoms with Gasteiger partial charge in [0.1, 0.15) is 17.5 Å². The predicted molar refractivity (Wildman–Crippen MR) is 100 cm³/mol. The Bertz CT molecular complexity index is 836. The Labute approximate surface area is 149 Å². The standard InChI is InChI=1S/C18H18BrN5/c1-12-8-15(19)5-6-16(12)24-18-9-17(22-13(2)23-18)21-11-14-4-3-7-20-10-14/h3-10H,11H2,1-2H3,(H2,21,22,23,24). The number of halogens is 1. The minimum atomic E-state index is 0.668. The molecular formula is C18H18BrN5. The molecule has 24 heavy (non-hydrogen) atoms. The second kappa shape index (κ2) is 7.40. The van der Waals surface area contributed by atoms with Crippen molar-refractivity contribution in [3.05, 3.63) is 70.2 Å². The minimum Gasteiger partial charge on any atom is -0.366 e. The third kappa shape index (κ3) is 4.29. The number of aryl methyl sites for hydroxylation is 2. The summed E-state index contributed by atoms with van der Waals surface area (Å²) >= 11 is 3.48. The summed E-state index contributed by atoms with van der Waals surface area (Å²) in [6.07, 6.45) is 3.60. The zero-order valence-corrected chi connectivity index (χ0v) is 15.1. The van der Waals surface area contributed by atoms with Gasteiger partial charge >= 0.3 is 0 Å². The first kappa shape index (κ1) is 16.4. The number of aromatic nitrogens is 3. The van der Waals surface area contributed by atoms with Gasteiger partial charge in [0, 0.05) is 35.2 Å². The molecule has 0 aliphatic carbocycles. The van der Waals surface area contributed by atoms with Crippen LogP contribution >= 0.6 is 15.9 Å². The lowest BCUT2D eigenvalue weighted by atomic mass is 10.2. The number of nitrogens with zero attached hydrogens (tertiary/aromatic N) is 3. The summed E-state index contributed by atoms with van der Waals surface area (Å²) < 4.78 is 1.06. The summed E-state index contributed by atoms with van der Waals surface area (Å²) in [5.74, 6) is 2.26. The third-order valence-corrected chi connectivity index (χ3v) is 3.98. The molecule has 2 heterocycles. The van der Waals surface area contributed by atoms with Crippen molar-refractivity contribution in [2.45, 2.75) is 20.4 Å². The Kier molecular flexibility index (Phi) is 5.05. The normalized spacial score (nSPS) is 10.5. The summed E-state index contributed by atoms with van der Waals surface area (Å²) in [6, 6.07) is 12.0. The first-order valence-electron chi connectivity index (χ1n) is 7.62. The Morgan fingerprint density at radius 2 is 1.88 bits per heavy atom. The van der Waals surface area contributed by atoms with Crippen molar-refractivity contribution in [2.75, 3.05) is 10.6 Å². The highest BCUT2D eigenvalue weighted by atomic mass is 79.9. The Morgan fingerprint density at radius 1 is 1.04 bits per heavy atom. The Hall–Kier alpha value is -2.47. The first-order chi connectivity index (χ1) is 11.6. The van der Waals surface area contributed by atoms with Gasteiger partial charge in [0.25, 0.3) is 0 Å². The highest BCUT2D eigenvalue weighted by Gasteiger charge is 2.05.